The predicted molar refractivity (Wildman–Crippen MR) is 78.4 cm³/mol. The molecule has 0 atom stereocenters. The van der Waals surface area contributed by atoms with Gasteiger partial charge in [0.1, 0.15) is 16.6 Å². The molecule has 0 fully saturated rings. The molecule has 0 saturated heterocycles. The largest absolute Gasteiger partial charge is 0.437 e. The average molecular weight is 302 g/mol. The fourth-order valence-electron chi connectivity index (χ4n) is 1.82. The highest BCUT2D eigenvalue weighted by Gasteiger charge is 2.13. The third-order valence-corrected chi connectivity index (χ3v) is 3.78. The number of nitrogens with zero attached hydrogens (tertiary/aromatic N) is 3. The highest BCUT2D eigenvalue weighted by molar-refractivity contribution is 7.18. The van der Waals surface area contributed by atoms with E-state index < -0.39 is 0 Å². The summed E-state index contributed by atoms with van der Waals surface area (Å²) in [7, 11) is 0. The molecule has 98 valence electrons. The molecule has 0 amide bonds. The zero-order valence-corrected chi connectivity index (χ0v) is 12.0. The van der Waals surface area contributed by atoms with E-state index in [0.29, 0.717) is 17.2 Å². The second kappa shape index (κ2) is 5.08. The van der Waals surface area contributed by atoms with Gasteiger partial charge in [0, 0.05) is 4.88 Å². The van der Waals surface area contributed by atoms with Gasteiger partial charge in [-0.25, -0.2) is 4.98 Å². The molecular weight excluding hydrogens is 294 g/mol. The van der Waals surface area contributed by atoms with E-state index in [-0.39, 0.29) is 5.28 Å². The summed E-state index contributed by atoms with van der Waals surface area (Å²) in [5.74, 6) is 0.821. The molecule has 0 spiro atoms. The Balaban J connectivity index is 2.13. The van der Waals surface area contributed by atoms with Crippen molar-refractivity contribution in [1.29, 1.82) is 5.26 Å². The molecule has 0 unspecified atom stereocenters. The van der Waals surface area contributed by atoms with Crippen LogP contribution in [0.3, 0.4) is 0 Å². The fourth-order valence-corrected chi connectivity index (χ4v) is 2.90. The number of hydrogen-bond acceptors (Lipinski definition) is 5. The fraction of sp³-hybridized carbons (Fsp3) is 0.0714. The van der Waals surface area contributed by atoms with Crippen LogP contribution in [0.25, 0.3) is 10.2 Å². The molecule has 0 bridgehead atoms. The average Bonchev–Trinajstić information content (AvgIpc) is 2.79. The number of thiophene rings is 1. The Kier molecular flexibility index (Phi) is 3.26. The molecule has 3 rings (SSSR count). The summed E-state index contributed by atoms with van der Waals surface area (Å²) in [5, 5.41) is 10.0. The number of ether oxygens (including phenoxy) is 1. The summed E-state index contributed by atoms with van der Waals surface area (Å²) in [5.41, 5.74) is 0.447. The Hall–Kier alpha value is -2.16. The number of nitriles is 1. The second-order valence-electron chi connectivity index (χ2n) is 4.08. The third-order valence-electron chi connectivity index (χ3n) is 2.67. The van der Waals surface area contributed by atoms with Crippen molar-refractivity contribution in [1.82, 2.24) is 9.97 Å². The SMILES string of the molecule is Cc1cc2c(Oc3ccccc3C#N)nc(Cl)nc2s1. The van der Waals surface area contributed by atoms with Crippen LogP contribution in [0.1, 0.15) is 10.4 Å². The highest BCUT2D eigenvalue weighted by atomic mass is 35.5. The van der Waals surface area contributed by atoms with Gasteiger partial charge in [-0.05, 0) is 36.7 Å². The van der Waals surface area contributed by atoms with E-state index in [2.05, 4.69) is 16.0 Å². The Morgan fingerprint density at radius 3 is 2.90 bits per heavy atom. The maximum atomic E-state index is 9.08. The lowest BCUT2D eigenvalue weighted by Crippen LogP contribution is -1.93. The number of benzene rings is 1. The summed E-state index contributed by atoms with van der Waals surface area (Å²) in [6.07, 6.45) is 0. The van der Waals surface area contributed by atoms with Crippen molar-refractivity contribution in [2.24, 2.45) is 0 Å². The molecule has 0 N–H and O–H groups in total. The Morgan fingerprint density at radius 1 is 1.30 bits per heavy atom. The molecule has 4 nitrogen and oxygen atoms in total. The quantitative estimate of drug-likeness (QED) is 0.661. The first-order valence-electron chi connectivity index (χ1n) is 5.78. The standard InChI is InChI=1S/C14H8ClN3OS/c1-8-6-10-12(17-14(15)18-13(10)20-8)19-11-5-3-2-4-9(11)7-16/h2-6H,1H3. The predicted octanol–water partition coefficient (Wildman–Crippen LogP) is 4.32. The molecule has 2 heterocycles. The van der Waals surface area contributed by atoms with E-state index in [9.17, 15) is 0 Å². The van der Waals surface area contributed by atoms with Gasteiger partial charge in [-0.2, -0.15) is 10.2 Å². The minimum absolute atomic E-state index is 0.129. The van der Waals surface area contributed by atoms with Crippen LogP contribution < -0.4 is 4.74 Å². The van der Waals surface area contributed by atoms with Gasteiger partial charge in [-0.1, -0.05) is 12.1 Å². The lowest BCUT2D eigenvalue weighted by molar-refractivity contribution is 0.467. The van der Waals surface area contributed by atoms with Gasteiger partial charge in [0.2, 0.25) is 11.2 Å². The van der Waals surface area contributed by atoms with Crippen LogP contribution in [0.5, 0.6) is 11.6 Å². The lowest BCUT2D eigenvalue weighted by Gasteiger charge is -2.07. The van der Waals surface area contributed by atoms with Gasteiger partial charge in [0.15, 0.2) is 0 Å². The van der Waals surface area contributed by atoms with Gasteiger partial charge in [0.25, 0.3) is 0 Å². The van der Waals surface area contributed by atoms with Crippen LogP contribution >= 0.6 is 22.9 Å². The van der Waals surface area contributed by atoms with Crippen LogP contribution in [0.2, 0.25) is 5.28 Å². The second-order valence-corrected chi connectivity index (χ2v) is 5.66. The molecular formula is C14H8ClN3OS. The minimum Gasteiger partial charge on any atom is -0.437 e. The zero-order valence-electron chi connectivity index (χ0n) is 10.4. The monoisotopic (exact) mass is 301 g/mol. The molecule has 0 saturated carbocycles. The summed E-state index contributed by atoms with van der Waals surface area (Å²) in [4.78, 5) is 10.1. The number of aromatic nitrogens is 2. The molecule has 0 aliphatic carbocycles. The normalized spacial score (nSPS) is 10.4. The maximum absolute atomic E-state index is 9.08. The van der Waals surface area contributed by atoms with E-state index in [1.807, 2.05) is 13.0 Å². The topological polar surface area (TPSA) is 58.8 Å². The number of hydrogen-bond donors (Lipinski definition) is 0. The lowest BCUT2D eigenvalue weighted by atomic mass is 10.2. The Morgan fingerprint density at radius 2 is 2.10 bits per heavy atom. The van der Waals surface area contributed by atoms with Crippen LogP contribution in [0.4, 0.5) is 0 Å². The van der Waals surface area contributed by atoms with Crippen molar-refractivity contribution in [3.63, 3.8) is 0 Å². The summed E-state index contributed by atoms with van der Waals surface area (Å²) >= 11 is 7.43. The summed E-state index contributed by atoms with van der Waals surface area (Å²) in [6, 6.07) is 11.0. The Labute approximate surface area is 124 Å². The molecule has 1 aromatic carbocycles. The summed E-state index contributed by atoms with van der Waals surface area (Å²) in [6.45, 7) is 1.98. The Bertz CT molecular complexity index is 838. The van der Waals surface area contributed by atoms with Crippen LogP contribution in [-0.2, 0) is 0 Å². The van der Waals surface area contributed by atoms with Crippen LogP contribution in [-0.4, -0.2) is 9.97 Å². The maximum Gasteiger partial charge on any atom is 0.232 e. The van der Waals surface area contributed by atoms with Crippen LogP contribution in [0, 0.1) is 18.3 Å². The molecule has 3 aromatic rings. The van der Waals surface area contributed by atoms with Crippen LogP contribution in [0.15, 0.2) is 30.3 Å². The van der Waals surface area contributed by atoms with Gasteiger partial charge in [0.05, 0.1) is 10.9 Å². The number of para-hydroxylation sites is 1. The highest BCUT2D eigenvalue weighted by Crippen LogP contribution is 2.34. The van der Waals surface area contributed by atoms with Crippen molar-refractivity contribution < 1.29 is 4.74 Å². The van der Waals surface area contributed by atoms with Gasteiger partial charge >= 0.3 is 0 Å². The van der Waals surface area contributed by atoms with E-state index in [4.69, 9.17) is 21.6 Å². The zero-order chi connectivity index (χ0) is 14.1. The van der Waals surface area contributed by atoms with Crippen molar-refractivity contribution in [3.8, 4) is 17.7 Å². The molecule has 20 heavy (non-hydrogen) atoms. The van der Waals surface area contributed by atoms with Gasteiger partial charge < -0.3 is 4.74 Å². The minimum atomic E-state index is 0.129. The van der Waals surface area contributed by atoms with Crippen molar-refractivity contribution >= 4 is 33.2 Å². The number of fused-ring (bicyclic) bond motifs is 1. The molecule has 6 heteroatoms. The smallest absolute Gasteiger partial charge is 0.232 e. The van der Waals surface area contributed by atoms with E-state index in [1.165, 1.54) is 11.3 Å². The molecule has 2 aromatic heterocycles. The first kappa shape index (κ1) is 12.9. The number of rotatable bonds is 2. The molecule has 0 radical (unpaired) electrons. The van der Waals surface area contributed by atoms with E-state index in [0.717, 1.165) is 15.1 Å². The first-order chi connectivity index (χ1) is 9.67. The number of aryl methyl sites for hydroxylation is 1. The van der Waals surface area contributed by atoms with Gasteiger partial charge in [-0.3, -0.25) is 0 Å². The number of halogens is 1. The van der Waals surface area contributed by atoms with Crippen molar-refractivity contribution in [2.45, 2.75) is 6.92 Å². The van der Waals surface area contributed by atoms with E-state index >= 15 is 0 Å². The van der Waals surface area contributed by atoms with Crippen molar-refractivity contribution in [2.75, 3.05) is 0 Å². The summed E-state index contributed by atoms with van der Waals surface area (Å²) < 4.78 is 5.76. The molecule has 0 aliphatic rings. The third kappa shape index (κ3) is 2.31. The van der Waals surface area contributed by atoms with Crippen molar-refractivity contribution in [3.05, 3.63) is 46.1 Å². The first-order valence-corrected chi connectivity index (χ1v) is 6.97. The van der Waals surface area contributed by atoms with E-state index in [1.54, 1.807) is 24.3 Å². The molecule has 0 aliphatic heterocycles. The van der Waals surface area contributed by atoms with Gasteiger partial charge in [-0.15, -0.1) is 11.3 Å².